The average Bonchev–Trinajstić information content (AvgIpc) is 3.21. The summed E-state index contributed by atoms with van der Waals surface area (Å²) in [6, 6.07) is 20.1. The van der Waals surface area contributed by atoms with Crippen LogP contribution in [0.4, 0.5) is 5.69 Å². The molecule has 0 saturated heterocycles. The smallest absolute Gasteiger partial charge is 0.265 e. The molecule has 0 unspecified atom stereocenters. The molecule has 0 N–H and O–H groups in total. The topological polar surface area (TPSA) is 55.8 Å². The van der Waals surface area contributed by atoms with E-state index in [0.29, 0.717) is 33.9 Å². The first-order chi connectivity index (χ1) is 14.1. The molecule has 2 amide bonds. The van der Waals surface area contributed by atoms with Gasteiger partial charge in [-0.15, -0.1) is 0 Å². The molecule has 0 radical (unpaired) electrons. The highest BCUT2D eigenvalue weighted by atomic mass is 16.7. The summed E-state index contributed by atoms with van der Waals surface area (Å²) < 4.78 is 11.0. The Balaban J connectivity index is 1.71. The third-order valence-corrected chi connectivity index (χ3v) is 5.07. The maximum atomic E-state index is 13.5. The average molecular weight is 383 g/mol. The summed E-state index contributed by atoms with van der Waals surface area (Å²) in [5, 5.41) is 0. The number of benzene rings is 3. The van der Waals surface area contributed by atoms with E-state index >= 15 is 0 Å². The van der Waals surface area contributed by atoms with Gasteiger partial charge in [0.2, 0.25) is 6.79 Å². The van der Waals surface area contributed by atoms with Gasteiger partial charge in [-0.3, -0.25) is 9.59 Å². The zero-order chi connectivity index (χ0) is 20.0. The van der Waals surface area contributed by atoms with E-state index in [0.717, 1.165) is 11.1 Å². The van der Waals surface area contributed by atoms with Crippen LogP contribution in [0.1, 0.15) is 27.0 Å². The van der Waals surface area contributed by atoms with Crippen molar-refractivity contribution in [3.63, 3.8) is 0 Å². The van der Waals surface area contributed by atoms with Gasteiger partial charge < -0.3 is 9.47 Å². The predicted octanol–water partition coefficient (Wildman–Crippen LogP) is 4.45. The Hall–Kier alpha value is -3.86. The minimum atomic E-state index is -0.365. The number of amides is 2. The monoisotopic (exact) mass is 383 g/mol. The highest BCUT2D eigenvalue weighted by Crippen LogP contribution is 2.39. The number of imide groups is 1. The molecule has 5 nitrogen and oxygen atoms in total. The minimum absolute atomic E-state index is 0.147. The molecule has 0 aliphatic carbocycles. The summed E-state index contributed by atoms with van der Waals surface area (Å²) >= 11 is 0. The number of rotatable bonds is 2. The largest absolute Gasteiger partial charge is 0.454 e. The SMILES string of the molecule is Cc1cccc(N2C(=O)/C(=C\c3cccc4c3OCO4)c3ccccc3C2=O)c1. The zero-order valence-electron chi connectivity index (χ0n) is 15.7. The van der Waals surface area contributed by atoms with Crippen molar-refractivity contribution >= 4 is 29.2 Å². The quantitative estimate of drug-likeness (QED) is 0.485. The first-order valence-electron chi connectivity index (χ1n) is 9.28. The molecule has 2 heterocycles. The normalized spacial score (nSPS) is 16.3. The van der Waals surface area contributed by atoms with Gasteiger partial charge in [0.25, 0.3) is 11.8 Å². The van der Waals surface area contributed by atoms with Crippen LogP contribution in [0.25, 0.3) is 11.6 Å². The number of para-hydroxylation sites is 1. The molecule has 0 bridgehead atoms. The molecule has 0 aromatic heterocycles. The van der Waals surface area contributed by atoms with Crippen molar-refractivity contribution < 1.29 is 19.1 Å². The van der Waals surface area contributed by atoms with Crippen molar-refractivity contribution in [1.82, 2.24) is 0 Å². The first-order valence-corrected chi connectivity index (χ1v) is 9.28. The van der Waals surface area contributed by atoms with Crippen LogP contribution >= 0.6 is 0 Å². The van der Waals surface area contributed by atoms with Gasteiger partial charge in [0.15, 0.2) is 11.5 Å². The molecular formula is C24H17NO4. The van der Waals surface area contributed by atoms with Crippen LogP contribution in [0.15, 0.2) is 66.7 Å². The molecule has 3 aromatic carbocycles. The lowest BCUT2D eigenvalue weighted by molar-refractivity contribution is -0.112. The molecule has 2 aliphatic rings. The number of hydrogen-bond acceptors (Lipinski definition) is 4. The van der Waals surface area contributed by atoms with E-state index < -0.39 is 0 Å². The lowest BCUT2D eigenvalue weighted by Crippen LogP contribution is -2.41. The Bertz CT molecular complexity index is 1190. The van der Waals surface area contributed by atoms with Gasteiger partial charge in [-0.2, -0.15) is 0 Å². The summed E-state index contributed by atoms with van der Waals surface area (Å²) in [5.74, 6) is 0.550. The molecular weight excluding hydrogens is 366 g/mol. The minimum Gasteiger partial charge on any atom is -0.454 e. The van der Waals surface area contributed by atoms with Crippen LogP contribution in [0.2, 0.25) is 0 Å². The van der Waals surface area contributed by atoms with E-state index in [2.05, 4.69) is 0 Å². The first kappa shape index (κ1) is 17.3. The second-order valence-electron chi connectivity index (χ2n) is 6.97. The van der Waals surface area contributed by atoms with Crippen LogP contribution in [-0.2, 0) is 4.79 Å². The molecule has 0 saturated carbocycles. The molecule has 5 heteroatoms. The molecule has 5 rings (SSSR count). The molecule has 29 heavy (non-hydrogen) atoms. The van der Waals surface area contributed by atoms with Crippen molar-refractivity contribution in [2.45, 2.75) is 6.92 Å². The Morgan fingerprint density at radius 2 is 1.66 bits per heavy atom. The van der Waals surface area contributed by atoms with Gasteiger partial charge in [0, 0.05) is 16.7 Å². The van der Waals surface area contributed by atoms with Gasteiger partial charge in [0.05, 0.1) is 5.69 Å². The lowest BCUT2D eigenvalue weighted by Gasteiger charge is -2.29. The van der Waals surface area contributed by atoms with Crippen molar-refractivity contribution in [2.24, 2.45) is 0 Å². The molecule has 0 atom stereocenters. The van der Waals surface area contributed by atoms with Crippen LogP contribution < -0.4 is 14.4 Å². The van der Waals surface area contributed by atoms with Crippen LogP contribution in [0.3, 0.4) is 0 Å². The van der Waals surface area contributed by atoms with Crippen molar-refractivity contribution in [1.29, 1.82) is 0 Å². The third-order valence-electron chi connectivity index (χ3n) is 5.07. The molecule has 0 spiro atoms. The fourth-order valence-electron chi connectivity index (χ4n) is 3.72. The molecule has 3 aromatic rings. The Morgan fingerprint density at radius 3 is 2.48 bits per heavy atom. The number of fused-ring (bicyclic) bond motifs is 2. The highest BCUT2D eigenvalue weighted by molar-refractivity contribution is 6.43. The molecule has 2 aliphatic heterocycles. The number of carbonyl (C=O) groups excluding carboxylic acids is 2. The van der Waals surface area contributed by atoms with Gasteiger partial charge in [-0.1, -0.05) is 42.5 Å². The Labute approximate surface area is 167 Å². The molecule has 0 fully saturated rings. The fraction of sp³-hybridized carbons (Fsp3) is 0.0833. The summed E-state index contributed by atoms with van der Waals surface area (Å²) in [5.41, 5.74) is 3.80. The number of hydrogen-bond donors (Lipinski definition) is 0. The summed E-state index contributed by atoms with van der Waals surface area (Å²) in [4.78, 5) is 27.9. The van der Waals surface area contributed by atoms with E-state index in [1.807, 2.05) is 49.4 Å². The van der Waals surface area contributed by atoms with Gasteiger partial charge in [0.1, 0.15) is 0 Å². The number of aryl methyl sites for hydroxylation is 1. The van der Waals surface area contributed by atoms with Crippen LogP contribution in [0.5, 0.6) is 11.5 Å². The van der Waals surface area contributed by atoms with E-state index in [1.165, 1.54) is 4.90 Å². The summed E-state index contributed by atoms with van der Waals surface area (Å²) in [6.07, 6.45) is 1.77. The van der Waals surface area contributed by atoms with E-state index in [9.17, 15) is 9.59 Å². The van der Waals surface area contributed by atoms with Gasteiger partial charge >= 0.3 is 0 Å². The second-order valence-corrected chi connectivity index (χ2v) is 6.97. The Kier molecular flexibility index (Phi) is 3.95. The van der Waals surface area contributed by atoms with Crippen molar-refractivity contribution in [2.75, 3.05) is 11.7 Å². The fourth-order valence-corrected chi connectivity index (χ4v) is 3.72. The van der Waals surface area contributed by atoms with Crippen LogP contribution in [-0.4, -0.2) is 18.6 Å². The summed E-state index contributed by atoms with van der Waals surface area (Å²) in [7, 11) is 0. The van der Waals surface area contributed by atoms with Crippen molar-refractivity contribution in [3.8, 4) is 11.5 Å². The van der Waals surface area contributed by atoms with Gasteiger partial charge in [-0.05, 0) is 48.4 Å². The van der Waals surface area contributed by atoms with Gasteiger partial charge in [-0.25, -0.2) is 4.90 Å². The second kappa shape index (κ2) is 6.63. The van der Waals surface area contributed by atoms with E-state index in [-0.39, 0.29) is 18.6 Å². The van der Waals surface area contributed by atoms with E-state index in [4.69, 9.17) is 9.47 Å². The van der Waals surface area contributed by atoms with E-state index in [1.54, 1.807) is 30.3 Å². The number of ether oxygens (including phenoxy) is 2. The zero-order valence-corrected chi connectivity index (χ0v) is 15.7. The maximum absolute atomic E-state index is 13.5. The molecule has 142 valence electrons. The number of carbonyl (C=O) groups is 2. The van der Waals surface area contributed by atoms with Crippen molar-refractivity contribution in [3.05, 3.63) is 89.0 Å². The number of anilines is 1. The predicted molar refractivity (Wildman–Crippen MR) is 110 cm³/mol. The highest BCUT2D eigenvalue weighted by Gasteiger charge is 2.36. The number of nitrogens with zero attached hydrogens (tertiary/aromatic N) is 1. The lowest BCUT2D eigenvalue weighted by atomic mass is 9.91. The van der Waals surface area contributed by atoms with Crippen LogP contribution in [0, 0.1) is 6.92 Å². The Morgan fingerprint density at radius 1 is 0.862 bits per heavy atom. The standard InChI is InChI=1S/C24H17NO4/c1-15-6-4-8-17(12-15)25-23(26)19-10-3-2-9-18(19)20(24(25)27)13-16-7-5-11-21-22(16)29-14-28-21/h2-13H,14H2,1H3/b20-13-. The third kappa shape index (κ3) is 2.79. The maximum Gasteiger partial charge on any atom is 0.265 e. The summed E-state index contributed by atoms with van der Waals surface area (Å²) in [6.45, 7) is 2.08.